The summed E-state index contributed by atoms with van der Waals surface area (Å²) in [7, 11) is 1.65. The second-order valence-corrected chi connectivity index (χ2v) is 6.97. The van der Waals surface area contributed by atoms with Gasteiger partial charge in [-0.2, -0.15) is 0 Å². The maximum absolute atomic E-state index is 12.8. The smallest absolute Gasteiger partial charge is 0.264 e. The maximum atomic E-state index is 12.8. The lowest BCUT2D eigenvalue weighted by Gasteiger charge is -2.37. The van der Waals surface area contributed by atoms with Crippen LogP contribution in [-0.4, -0.2) is 67.2 Å². The van der Waals surface area contributed by atoms with Gasteiger partial charge in [-0.15, -0.1) is 0 Å². The Kier molecular flexibility index (Phi) is 7.98. The van der Waals surface area contributed by atoms with Gasteiger partial charge >= 0.3 is 0 Å². The first-order chi connectivity index (χ1) is 11.7. The van der Waals surface area contributed by atoms with Crippen molar-refractivity contribution < 1.29 is 14.3 Å². The number of carbonyl (C=O) groups is 1. The highest BCUT2D eigenvalue weighted by molar-refractivity contribution is 8.01. The standard InChI is InChI=1S/C17H27N3O3S/c1-3-4-11-23-17(16(21)18-2,14-20-9-12-22-13-10-20)24-15-7-5-6-8-19-15/h5-8H,3-4,9-14H2,1-2H3,(H,18,21). The van der Waals surface area contributed by atoms with Crippen LogP contribution in [0.1, 0.15) is 19.8 Å². The van der Waals surface area contributed by atoms with E-state index < -0.39 is 4.93 Å². The Morgan fingerprint density at radius 1 is 1.46 bits per heavy atom. The number of amides is 1. The van der Waals surface area contributed by atoms with Crippen molar-refractivity contribution in [1.29, 1.82) is 0 Å². The van der Waals surface area contributed by atoms with Crippen molar-refractivity contribution in [2.45, 2.75) is 29.7 Å². The number of morpholine rings is 1. The zero-order valence-corrected chi connectivity index (χ0v) is 15.3. The van der Waals surface area contributed by atoms with Crippen LogP contribution in [0.4, 0.5) is 0 Å². The molecule has 1 atom stereocenters. The largest absolute Gasteiger partial charge is 0.379 e. The van der Waals surface area contributed by atoms with E-state index in [1.165, 1.54) is 11.8 Å². The predicted octanol–water partition coefficient (Wildman–Crippen LogP) is 1.76. The van der Waals surface area contributed by atoms with E-state index in [2.05, 4.69) is 22.1 Å². The number of nitrogens with one attached hydrogen (secondary N) is 1. The second-order valence-electron chi connectivity index (χ2n) is 5.69. The molecule has 1 aromatic rings. The third-order valence-corrected chi connectivity index (χ3v) is 5.06. The molecule has 134 valence electrons. The third kappa shape index (κ3) is 5.44. The van der Waals surface area contributed by atoms with E-state index in [0.29, 0.717) is 26.4 Å². The summed E-state index contributed by atoms with van der Waals surface area (Å²) in [6.45, 7) is 6.16. The molecule has 0 saturated carbocycles. The topological polar surface area (TPSA) is 63.7 Å². The number of hydrogen-bond acceptors (Lipinski definition) is 6. The van der Waals surface area contributed by atoms with Gasteiger partial charge in [0.05, 0.1) is 18.2 Å². The van der Waals surface area contributed by atoms with Crippen molar-refractivity contribution in [2.24, 2.45) is 0 Å². The molecule has 0 radical (unpaired) electrons. The molecule has 6 nitrogen and oxygen atoms in total. The first kappa shape index (κ1) is 19.2. The molecule has 2 rings (SSSR count). The van der Waals surface area contributed by atoms with Crippen molar-refractivity contribution >= 4 is 17.7 Å². The fourth-order valence-electron chi connectivity index (χ4n) is 2.49. The Labute approximate surface area is 148 Å². The molecule has 1 N–H and O–H groups in total. The lowest BCUT2D eigenvalue weighted by atomic mass is 10.2. The summed E-state index contributed by atoms with van der Waals surface area (Å²) in [6.07, 6.45) is 3.68. The molecule has 1 aliphatic heterocycles. The van der Waals surface area contributed by atoms with Gasteiger partial charge in [-0.1, -0.05) is 31.2 Å². The van der Waals surface area contributed by atoms with Gasteiger partial charge in [0, 0.05) is 39.5 Å². The summed E-state index contributed by atoms with van der Waals surface area (Å²) in [4.78, 5) is 18.3. The average Bonchev–Trinajstić information content (AvgIpc) is 2.62. The third-order valence-electron chi connectivity index (χ3n) is 3.85. The van der Waals surface area contributed by atoms with Gasteiger partial charge in [-0.3, -0.25) is 9.69 Å². The van der Waals surface area contributed by atoms with Crippen LogP contribution in [0.2, 0.25) is 0 Å². The van der Waals surface area contributed by atoms with Crippen molar-refractivity contribution in [3.8, 4) is 0 Å². The molecule has 7 heteroatoms. The van der Waals surface area contributed by atoms with Crippen LogP contribution >= 0.6 is 11.8 Å². The number of pyridine rings is 1. The molecule has 1 amide bonds. The quantitative estimate of drug-likeness (QED) is 0.415. The van der Waals surface area contributed by atoms with Crippen molar-refractivity contribution in [3.63, 3.8) is 0 Å². The summed E-state index contributed by atoms with van der Waals surface area (Å²) in [6, 6.07) is 5.70. The number of ether oxygens (including phenoxy) is 2. The highest BCUT2D eigenvalue weighted by Gasteiger charge is 2.42. The minimum atomic E-state index is -1.00. The molecule has 1 aromatic heterocycles. The van der Waals surface area contributed by atoms with E-state index in [-0.39, 0.29) is 5.91 Å². The molecule has 0 aliphatic carbocycles. The van der Waals surface area contributed by atoms with Crippen LogP contribution in [0.25, 0.3) is 0 Å². The van der Waals surface area contributed by atoms with Crippen molar-refractivity contribution in [1.82, 2.24) is 15.2 Å². The number of carbonyl (C=O) groups excluding carboxylic acids is 1. The Morgan fingerprint density at radius 3 is 2.88 bits per heavy atom. The molecule has 2 heterocycles. The molecule has 24 heavy (non-hydrogen) atoms. The van der Waals surface area contributed by atoms with E-state index in [0.717, 1.165) is 31.0 Å². The van der Waals surface area contributed by atoms with Crippen molar-refractivity contribution in [2.75, 3.05) is 46.5 Å². The number of nitrogens with zero attached hydrogens (tertiary/aromatic N) is 2. The molecule has 1 aliphatic rings. The molecule has 1 fully saturated rings. The monoisotopic (exact) mass is 353 g/mol. The lowest BCUT2D eigenvalue weighted by Crippen LogP contribution is -2.55. The summed E-state index contributed by atoms with van der Waals surface area (Å²) in [5.41, 5.74) is 0. The van der Waals surface area contributed by atoms with Crippen LogP contribution in [0.3, 0.4) is 0 Å². The van der Waals surface area contributed by atoms with E-state index in [4.69, 9.17) is 9.47 Å². The summed E-state index contributed by atoms with van der Waals surface area (Å²) in [5, 5.41) is 3.56. The summed E-state index contributed by atoms with van der Waals surface area (Å²) < 4.78 is 11.6. The van der Waals surface area contributed by atoms with Gasteiger partial charge in [0.25, 0.3) is 5.91 Å². The predicted molar refractivity (Wildman–Crippen MR) is 95.0 cm³/mol. The van der Waals surface area contributed by atoms with Crippen LogP contribution in [0.5, 0.6) is 0 Å². The Hall–Kier alpha value is -1.15. The second kappa shape index (κ2) is 9.98. The normalized spacial score (nSPS) is 18.1. The maximum Gasteiger partial charge on any atom is 0.264 e. The fraction of sp³-hybridized carbons (Fsp3) is 0.647. The molecular weight excluding hydrogens is 326 g/mol. The van der Waals surface area contributed by atoms with Crippen LogP contribution < -0.4 is 5.32 Å². The van der Waals surface area contributed by atoms with Gasteiger partial charge in [0.1, 0.15) is 0 Å². The van der Waals surface area contributed by atoms with Crippen molar-refractivity contribution in [3.05, 3.63) is 24.4 Å². The number of thioether (sulfide) groups is 1. The summed E-state index contributed by atoms with van der Waals surface area (Å²) >= 11 is 1.39. The zero-order valence-electron chi connectivity index (χ0n) is 14.5. The number of unbranched alkanes of at least 4 members (excludes halogenated alkanes) is 1. The van der Waals surface area contributed by atoms with Gasteiger partial charge in [0.15, 0.2) is 0 Å². The molecule has 0 aromatic carbocycles. The highest BCUT2D eigenvalue weighted by Crippen LogP contribution is 2.34. The highest BCUT2D eigenvalue weighted by atomic mass is 32.2. The minimum Gasteiger partial charge on any atom is -0.379 e. The molecular formula is C17H27N3O3S. The number of aromatic nitrogens is 1. The fourth-order valence-corrected chi connectivity index (χ4v) is 3.68. The Bertz CT molecular complexity index is 497. The average molecular weight is 353 g/mol. The van der Waals surface area contributed by atoms with Gasteiger partial charge in [-0.25, -0.2) is 4.98 Å². The number of likely N-dealkylation sites (N-methyl/N-ethyl adjacent to an activating group) is 1. The van der Waals surface area contributed by atoms with E-state index in [9.17, 15) is 4.79 Å². The van der Waals surface area contributed by atoms with E-state index >= 15 is 0 Å². The number of rotatable bonds is 9. The molecule has 0 bridgehead atoms. The van der Waals surface area contributed by atoms with Gasteiger partial charge in [-0.05, 0) is 18.6 Å². The summed E-state index contributed by atoms with van der Waals surface area (Å²) in [5.74, 6) is -0.124. The van der Waals surface area contributed by atoms with E-state index in [1.54, 1.807) is 13.2 Å². The molecule has 1 unspecified atom stereocenters. The molecule has 1 saturated heterocycles. The minimum absolute atomic E-state index is 0.124. The lowest BCUT2D eigenvalue weighted by molar-refractivity contribution is -0.138. The van der Waals surface area contributed by atoms with Crippen LogP contribution in [-0.2, 0) is 14.3 Å². The molecule has 0 spiro atoms. The van der Waals surface area contributed by atoms with Crippen LogP contribution in [0.15, 0.2) is 29.4 Å². The number of hydrogen-bond donors (Lipinski definition) is 1. The SMILES string of the molecule is CCCCOC(CN1CCOCC1)(Sc1ccccn1)C(=O)NC. The Balaban J connectivity index is 2.21. The van der Waals surface area contributed by atoms with Gasteiger partial charge < -0.3 is 14.8 Å². The van der Waals surface area contributed by atoms with Gasteiger partial charge in [0.2, 0.25) is 4.93 Å². The first-order valence-electron chi connectivity index (χ1n) is 8.46. The Morgan fingerprint density at radius 2 is 2.25 bits per heavy atom. The van der Waals surface area contributed by atoms with Crippen LogP contribution in [0, 0.1) is 0 Å². The zero-order chi connectivity index (χ0) is 17.3. The van der Waals surface area contributed by atoms with E-state index in [1.807, 2.05) is 18.2 Å². The first-order valence-corrected chi connectivity index (χ1v) is 9.28.